The first-order valence-corrected chi connectivity index (χ1v) is 13.2. The zero-order valence-corrected chi connectivity index (χ0v) is 21.6. The molecule has 2 aromatic rings. The molecule has 37 heavy (non-hydrogen) atoms. The third kappa shape index (κ3) is 7.01. The number of likely N-dealkylation sites (tertiary alicyclic amines) is 1. The Kier molecular flexibility index (Phi) is 8.85. The molecule has 1 heterocycles. The van der Waals surface area contributed by atoms with Crippen LogP contribution in [-0.2, 0) is 27.5 Å². The number of alkyl halides is 3. The van der Waals surface area contributed by atoms with E-state index in [1.165, 1.54) is 23.5 Å². The van der Waals surface area contributed by atoms with Crippen LogP contribution in [-0.4, -0.2) is 61.9 Å². The first kappa shape index (κ1) is 28.5. The Hall–Kier alpha value is -3.12. The largest absolute Gasteiger partial charge is 0.465 e. The monoisotopic (exact) mass is 541 g/mol. The summed E-state index contributed by atoms with van der Waals surface area (Å²) >= 11 is 0. The molecule has 2 amide bonds. The topological polar surface area (TPSA) is 96.0 Å². The quantitative estimate of drug-likeness (QED) is 0.529. The second-order valence-corrected chi connectivity index (χ2v) is 11.0. The van der Waals surface area contributed by atoms with E-state index >= 15 is 0 Å². The summed E-state index contributed by atoms with van der Waals surface area (Å²) < 4.78 is 72.5. The predicted molar refractivity (Wildman–Crippen MR) is 130 cm³/mol. The highest BCUT2D eigenvalue weighted by Gasteiger charge is 2.37. The van der Waals surface area contributed by atoms with Crippen molar-refractivity contribution in [3.63, 3.8) is 0 Å². The molecule has 1 fully saturated rings. The SMILES string of the molecule is COC(=O)c1ccc(CN(C2CCCN(C(=O)NC(C)C)C2)S(=O)(=O)c2ccc(C(F)(F)F)cc2)cc1. The van der Waals surface area contributed by atoms with Crippen molar-refractivity contribution in [1.29, 1.82) is 0 Å². The lowest BCUT2D eigenvalue weighted by molar-refractivity contribution is -0.137. The number of esters is 1. The number of carbonyl (C=O) groups excluding carboxylic acids is 2. The van der Waals surface area contributed by atoms with Gasteiger partial charge in [-0.25, -0.2) is 18.0 Å². The minimum atomic E-state index is -4.60. The number of hydrogen-bond acceptors (Lipinski definition) is 5. The number of ether oxygens (including phenoxy) is 1. The Bertz CT molecular complexity index is 1200. The Balaban J connectivity index is 1.95. The van der Waals surface area contributed by atoms with Crippen LogP contribution in [0.3, 0.4) is 0 Å². The van der Waals surface area contributed by atoms with E-state index in [9.17, 15) is 31.2 Å². The normalized spacial score (nSPS) is 16.6. The molecule has 8 nitrogen and oxygen atoms in total. The Morgan fingerprint density at radius 2 is 1.73 bits per heavy atom. The maximum atomic E-state index is 13.7. The predicted octanol–water partition coefficient (Wildman–Crippen LogP) is 4.27. The van der Waals surface area contributed by atoms with E-state index in [1.807, 2.05) is 13.8 Å². The zero-order chi connectivity index (χ0) is 27.4. The summed E-state index contributed by atoms with van der Waals surface area (Å²) in [6.45, 7) is 4.11. The van der Waals surface area contributed by atoms with E-state index in [0.29, 0.717) is 24.9 Å². The summed E-state index contributed by atoms with van der Waals surface area (Å²) in [5, 5.41) is 2.80. The number of nitrogens with one attached hydrogen (secondary N) is 1. The van der Waals surface area contributed by atoms with Gasteiger partial charge in [0.2, 0.25) is 10.0 Å². The first-order valence-electron chi connectivity index (χ1n) is 11.7. The van der Waals surface area contributed by atoms with Crippen molar-refractivity contribution in [1.82, 2.24) is 14.5 Å². The number of carbonyl (C=O) groups is 2. The van der Waals surface area contributed by atoms with E-state index in [-0.39, 0.29) is 35.6 Å². The van der Waals surface area contributed by atoms with Crippen LogP contribution in [0.15, 0.2) is 53.4 Å². The van der Waals surface area contributed by atoms with Crippen molar-refractivity contribution >= 4 is 22.0 Å². The van der Waals surface area contributed by atoms with Crippen LogP contribution in [0.4, 0.5) is 18.0 Å². The summed E-state index contributed by atoms with van der Waals surface area (Å²) in [6, 6.07) is 8.53. The number of halogens is 3. The second-order valence-electron chi connectivity index (χ2n) is 9.11. The van der Waals surface area contributed by atoms with Crippen LogP contribution < -0.4 is 5.32 Å². The number of benzene rings is 2. The number of rotatable bonds is 7. The molecule has 0 spiro atoms. The molecule has 1 aliphatic rings. The van der Waals surface area contributed by atoms with Crippen LogP contribution in [0, 0.1) is 0 Å². The van der Waals surface area contributed by atoms with Gasteiger partial charge in [0.1, 0.15) is 0 Å². The summed E-state index contributed by atoms with van der Waals surface area (Å²) in [4.78, 5) is 25.6. The molecular formula is C25H30F3N3O5S. The zero-order valence-electron chi connectivity index (χ0n) is 20.8. The smallest absolute Gasteiger partial charge is 0.416 e. The summed E-state index contributed by atoms with van der Waals surface area (Å²) in [5.74, 6) is -0.542. The maximum Gasteiger partial charge on any atom is 0.416 e. The Morgan fingerprint density at radius 1 is 1.11 bits per heavy atom. The van der Waals surface area contributed by atoms with Crippen molar-refractivity contribution < 1.29 is 35.9 Å². The summed E-state index contributed by atoms with van der Waals surface area (Å²) in [7, 11) is -3.00. The molecule has 1 saturated heterocycles. The Labute approximate surface area is 214 Å². The van der Waals surface area contributed by atoms with Crippen LogP contribution >= 0.6 is 0 Å². The van der Waals surface area contributed by atoms with E-state index in [1.54, 1.807) is 17.0 Å². The van der Waals surface area contributed by atoms with Gasteiger partial charge < -0.3 is 15.0 Å². The highest BCUT2D eigenvalue weighted by molar-refractivity contribution is 7.89. The third-order valence-corrected chi connectivity index (χ3v) is 7.92. The highest BCUT2D eigenvalue weighted by Crippen LogP contribution is 2.31. The minimum absolute atomic E-state index is 0.102. The number of urea groups is 1. The van der Waals surface area contributed by atoms with Gasteiger partial charge in [-0.2, -0.15) is 17.5 Å². The molecule has 1 unspecified atom stereocenters. The van der Waals surface area contributed by atoms with Crippen molar-refractivity contribution in [2.24, 2.45) is 0 Å². The molecule has 202 valence electrons. The summed E-state index contributed by atoms with van der Waals surface area (Å²) in [5.41, 5.74) is -0.102. The van der Waals surface area contributed by atoms with Gasteiger partial charge in [0.25, 0.3) is 0 Å². The maximum absolute atomic E-state index is 13.7. The standard InChI is InChI=1S/C25H30F3N3O5S/c1-17(2)29-24(33)30-14-4-5-21(16-30)31(15-18-6-8-19(9-7-18)23(32)36-3)37(34,35)22-12-10-20(11-13-22)25(26,27)28/h6-13,17,21H,4-5,14-16H2,1-3H3,(H,29,33). The molecule has 1 atom stereocenters. The van der Waals surface area contributed by atoms with Crippen molar-refractivity contribution in [3.05, 3.63) is 65.2 Å². The van der Waals surface area contributed by atoms with E-state index in [2.05, 4.69) is 5.32 Å². The van der Waals surface area contributed by atoms with E-state index in [0.717, 1.165) is 24.3 Å². The molecule has 0 aliphatic carbocycles. The summed E-state index contributed by atoms with van der Waals surface area (Å²) in [6.07, 6.45) is -3.58. The van der Waals surface area contributed by atoms with Gasteiger partial charge in [-0.3, -0.25) is 0 Å². The molecule has 3 rings (SSSR count). The first-order chi connectivity index (χ1) is 17.3. The lowest BCUT2D eigenvalue weighted by atomic mass is 10.1. The molecular weight excluding hydrogens is 511 g/mol. The molecule has 2 aromatic carbocycles. The number of piperidine rings is 1. The Morgan fingerprint density at radius 3 is 2.27 bits per heavy atom. The number of sulfonamides is 1. The van der Waals surface area contributed by atoms with Gasteiger partial charge in [-0.05, 0) is 68.7 Å². The number of hydrogen-bond donors (Lipinski definition) is 1. The van der Waals surface area contributed by atoms with E-state index in [4.69, 9.17) is 4.74 Å². The average molecular weight is 542 g/mol. The van der Waals surface area contributed by atoms with Gasteiger partial charge in [0.05, 0.1) is 23.1 Å². The van der Waals surface area contributed by atoms with Gasteiger partial charge >= 0.3 is 18.2 Å². The fourth-order valence-corrected chi connectivity index (χ4v) is 5.75. The number of nitrogens with zero attached hydrogens (tertiary/aromatic N) is 2. The average Bonchev–Trinajstić information content (AvgIpc) is 2.86. The van der Waals surface area contributed by atoms with Crippen LogP contribution in [0.25, 0.3) is 0 Å². The van der Waals surface area contributed by atoms with Crippen LogP contribution in [0.1, 0.15) is 48.2 Å². The lowest BCUT2D eigenvalue weighted by Crippen LogP contribution is -2.54. The van der Waals surface area contributed by atoms with Gasteiger partial charge in [-0.1, -0.05) is 12.1 Å². The van der Waals surface area contributed by atoms with Crippen LogP contribution in [0.2, 0.25) is 0 Å². The van der Waals surface area contributed by atoms with Crippen molar-refractivity contribution in [2.45, 2.75) is 56.4 Å². The van der Waals surface area contributed by atoms with Gasteiger partial charge in [0.15, 0.2) is 0 Å². The number of amides is 2. The minimum Gasteiger partial charge on any atom is -0.465 e. The van der Waals surface area contributed by atoms with Gasteiger partial charge in [-0.15, -0.1) is 0 Å². The fraction of sp³-hybridized carbons (Fsp3) is 0.440. The molecule has 0 aromatic heterocycles. The molecule has 0 bridgehead atoms. The van der Waals surface area contributed by atoms with Crippen LogP contribution in [0.5, 0.6) is 0 Å². The lowest BCUT2D eigenvalue weighted by Gasteiger charge is -2.39. The molecule has 12 heteroatoms. The second kappa shape index (κ2) is 11.5. The fourth-order valence-electron chi connectivity index (χ4n) is 4.12. The van der Waals surface area contributed by atoms with Crippen molar-refractivity contribution in [2.75, 3.05) is 20.2 Å². The highest BCUT2D eigenvalue weighted by atomic mass is 32.2. The molecule has 0 radical (unpaired) electrons. The molecule has 1 aliphatic heterocycles. The van der Waals surface area contributed by atoms with Crippen molar-refractivity contribution in [3.8, 4) is 0 Å². The van der Waals surface area contributed by atoms with Gasteiger partial charge in [0, 0.05) is 31.7 Å². The third-order valence-electron chi connectivity index (χ3n) is 6.00. The molecule has 1 N–H and O–H groups in total. The van der Waals surface area contributed by atoms with E-state index < -0.39 is 33.8 Å². The molecule has 0 saturated carbocycles. The number of methoxy groups -OCH3 is 1.